The normalized spacial score (nSPS) is 15.6. The summed E-state index contributed by atoms with van der Waals surface area (Å²) in [7, 11) is 0. The van der Waals surface area contributed by atoms with E-state index in [1.165, 1.54) is 6.20 Å². The second-order valence-corrected chi connectivity index (χ2v) is 6.22. The molecule has 0 bridgehead atoms. The van der Waals surface area contributed by atoms with Crippen LogP contribution in [0.25, 0.3) is 0 Å². The van der Waals surface area contributed by atoms with Gasteiger partial charge in [-0.05, 0) is 30.3 Å². The molecule has 0 atom stereocenters. The first-order valence-electron chi connectivity index (χ1n) is 7.71. The summed E-state index contributed by atoms with van der Waals surface area (Å²) in [5, 5.41) is 3.09. The number of nitrogens with one attached hydrogen (secondary N) is 1. The van der Waals surface area contributed by atoms with Gasteiger partial charge in [-0.3, -0.25) is 9.59 Å². The molecule has 0 saturated carbocycles. The highest BCUT2D eigenvalue weighted by Gasteiger charge is 2.36. The van der Waals surface area contributed by atoms with Crippen LogP contribution in [0.3, 0.4) is 0 Å². The Labute approximate surface area is 148 Å². The van der Waals surface area contributed by atoms with E-state index in [9.17, 15) is 9.59 Å². The number of aromatic nitrogens is 1. The fourth-order valence-corrected chi connectivity index (χ4v) is 2.92. The number of benzene rings is 1. The van der Waals surface area contributed by atoms with Crippen molar-refractivity contribution in [2.75, 3.05) is 25.2 Å². The number of carbonyl (C=O) groups is 2. The van der Waals surface area contributed by atoms with Crippen LogP contribution < -0.4 is 14.8 Å². The lowest BCUT2D eigenvalue weighted by Crippen LogP contribution is -2.54. The Hall–Kier alpha value is -2.80. The van der Waals surface area contributed by atoms with Gasteiger partial charge in [0.25, 0.3) is 5.91 Å². The van der Waals surface area contributed by atoms with Gasteiger partial charge in [0.15, 0.2) is 11.5 Å². The molecule has 8 heteroatoms. The number of ether oxygens (including phenoxy) is 2. The summed E-state index contributed by atoms with van der Waals surface area (Å²) in [5.74, 6) is 0.680. The van der Waals surface area contributed by atoms with E-state index in [4.69, 9.17) is 21.1 Å². The van der Waals surface area contributed by atoms with Gasteiger partial charge in [-0.15, -0.1) is 0 Å². The maximum Gasteiger partial charge on any atom is 0.254 e. The Morgan fingerprint density at radius 2 is 1.96 bits per heavy atom. The quantitative estimate of drug-likeness (QED) is 0.849. The molecule has 2 aliphatic heterocycles. The number of likely N-dealkylation sites (tertiary alicyclic amines) is 1. The molecule has 0 aliphatic carbocycles. The molecule has 2 amide bonds. The second-order valence-electron chi connectivity index (χ2n) is 5.83. The van der Waals surface area contributed by atoms with Gasteiger partial charge < -0.3 is 19.7 Å². The fraction of sp³-hybridized carbons (Fsp3) is 0.235. The van der Waals surface area contributed by atoms with Crippen LogP contribution in [0.15, 0.2) is 36.5 Å². The van der Waals surface area contributed by atoms with Gasteiger partial charge in [0.2, 0.25) is 12.7 Å². The number of nitrogens with zero attached hydrogens (tertiary/aromatic N) is 2. The van der Waals surface area contributed by atoms with E-state index in [-0.39, 0.29) is 24.5 Å². The summed E-state index contributed by atoms with van der Waals surface area (Å²) in [4.78, 5) is 30.2. The molecule has 7 nitrogen and oxygen atoms in total. The van der Waals surface area contributed by atoms with Crippen molar-refractivity contribution in [1.82, 2.24) is 9.88 Å². The van der Waals surface area contributed by atoms with E-state index in [0.717, 1.165) is 0 Å². The summed E-state index contributed by atoms with van der Waals surface area (Å²) < 4.78 is 10.5. The Morgan fingerprint density at radius 1 is 1.16 bits per heavy atom. The zero-order chi connectivity index (χ0) is 17.4. The number of hydrogen-bond acceptors (Lipinski definition) is 5. The fourth-order valence-electron chi connectivity index (χ4n) is 2.75. The molecular weight excluding hydrogens is 346 g/mol. The zero-order valence-electron chi connectivity index (χ0n) is 13.1. The highest BCUT2D eigenvalue weighted by Crippen LogP contribution is 2.33. The molecule has 1 N–H and O–H groups in total. The minimum Gasteiger partial charge on any atom is -0.454 e. The van der Waals surface area contributed by atoms with Crippen molar-refractivity contribution >= 4 is 29.1 Å². The number of carbonyl (C=O) groups excluding carboxylic acids is 2. The third-order valence-corrected chi connectivity index (χ3v) is 4.36. The first-order valence-corrected chi connectivity index (χ1v) is 8.09. The first kappa shape index (κ1) is 15.7. The van der Waals surface area contributed by atoms with Gasteiger partial charge in [0, 0.05) is 30.5 Å². The van der Waals surface area contributed by atoms with Crippen LogP contribution in [-0.4, -0.2) is 41.6 Å². The van der Waals surface area contributed by atoms with E-state index in [1.807, 2.05) is 0 Å². The summed E-state index contributed by atoms with van der Waals surface area (Å²) in [6, 6.07) is 8.32. The van der Waals surface area contributed by atoms with Crippen LogP contribution in [0.4, 0.5) is 5.69 Å². The predicted octanol–water partition coefficient (Wildman–Crippen LogP) is 2.17. The predicted molar refractivity (Wildman–Crippen MR) is 89.8 cm³/mol. The van der Waals surface area contributed by atoms with Crippen LogP contribution in [0.5, 0.6) is 11.5 Å². The number of anilines is 1. The summed E-state index contributed by atoms with van der Waals surface area (Å²) in [6.45, 7) is 0.911. The monoisotopic (exact) mass is 359 g/mol. The van der Waals surface area contributed by atoms with Crippen molar-refractivity contribution in [3.8, 4) is 11.5 Å². The van der Waals surface area contributed by atoms with E-state index < -0.39 is 0 Å². The van der Waals surface area contributed by atoms with E-state index in [2.05, 4.69) is 10.3 Å². The maximum absolute atomic E-state index is 12.5. The number of hydrogen-bond donors (Lipinski definition) is 1. The van der Waals surface area contributed by atoms with Crippen molar-refractivity contribution in [2.24, 2.45) is 5.92 Å². The second kappa shape index (κ2) is 6.25. The summed E-state index contributed by atoms with van der Waals surface area (Å²) in [5.41, 5.74) is 1.11. The topological polar surface area (TPSA) is 80.8 Å². The highest BCUT2D eigenvalue weighted by atomic mass is 35.5. The third kappa shape index (κ3) is 3.10. The molecule has 2 aliphatic rings. The molecule has 1 fully saturated rings. The Balaban J connectivity index is 1.35. The lowest BCUT2D eigenvalue weighted by molar-refractivity contribution is -0.123. The minimum atomic E-state index is -0.245. The lowest BCUT2D eigenvalue weighted by atomic mass is 9.97. The summed E-state index contributed by atoms with van der Waals surface area (Å²) >= 11 is 5.79. The number of rotatable bonds is 3. The molecule has 1 saturated heterocycles. The van der Waals surface area contributed by atoms with Crippen molar-refractivity contribution < 1.29 is 19.1 Å². The molecule has 0 radical (unpaired) electrons. The summed E-state index contributed by atoms with van der Waals surface area (Å²) in [6.07, 6.45) is 1.52. The Morgan fingerprint density at radius 3 is 2.76 bits per heavy atom. The van der Waals surface area contributed by atoms with Gasteiger partial charge in [0.05, 0.1) is 5.92 Å². The van der Waals surface area contributed by atoms with E-state index >= 15 is 0 Å². The Bertz CT molecular complexity index is 852. The van der Waals surface area contributed by atoms with E-state index in [1.54, 1.807) is 35.2 Å². The van der Waals surface area contributed by atoms with Crippen LogP contribution in [-0.2, 0) is 4.79 Å². The van der Waals surface area contributed by atoms with E-state index in [0.29, 0.717) is 41.0 Å². The van der Waals surface area contributed by atoms with Gasteiger partial charge in [-0.1, -0.05) is 11.6 Å². The maximum atomic E-state index is 12.5. The molecule has 4 rings (SSSR count). The van der Waals surface area contributed by atoms with Gasteiger partial charge >= 0.3 is 0 Å². The molecular formula is C17H14ClN3O4. The smallest absolute Gasteiger partial charge is 0.254 e. The van der Waals surface area contributed by atoms with Crippen molar-refractivity contribution in [1.29, 1.82) is 0 Å². The third-order valence-electron chi connectivity index (χ3n) is 4.15. The average Bonchev–Trinajstić information content (AvgIpc) is 3.00. The molecule has 3 heterocycles. The SMILES string of the molecule is O=C(Nc1ccnc(Cl)c1)C1CN(C(=O)c2ccc3c(c2)OCO3)C1. The molecule has 0 unspecified atom stereocenters. The highest BCUT2D eigenvalue weighted by molar-refractivity contribution is 6.29. The minimum absolute atomic E-state index is 0.130. The van der Waals surface area contributed by atoms with Crippen LogP contribution >= 0.6 is 11.6 Å². The molecule has 2 aromatic rings. The van der Waals surface area contributed by atoms with Gasteiger partial charge in [-0.25, -0.2) is 4.98 Å². The van der Waals surface area contributed by atoms with Crippen LogP contribution in [0.2, 0.25) is 5.15 Å². The number of fused-ring (bicyclic) bond motifs is 1. The number of halogens is 1. The zero-order valence-corrected chi connectivity index (χ0v) is 13.8. The molecule has 25 heavy (non-hydrogen) atoms. The van der Waals surface area contributed by atoms with Gasteiger partial charge in [0.1, 0.15) is 5.15 Å². The largest absolute Gasteiger partial charge is 0.454 e. The number of amides is 2. The lowest BCUT2D eigenvalue weighted by Gasteiger charge is -2.38. The van der Waals surface area contributed by atoms with Crippen molar-refractivity contribution in [2.45, 2.75) is 0 Å². The van der Waals surface area contributed by atoms with Crippen LogP contribution in [0, 0.1) is 5.92 Å². The van der Waals surface area contributed by atoms with Crippen molar-refractivity contribution in [3.05, 3.63) is 47.2 Å². The standard InChI is InChI=1S/C17H14ClN3O4/c18-15-6-12(3-4-19-15)20-16(22)11-7-21(8-11)17(23)10-1-2-13-14(5-10)25-9-24-13/h1-6,11H,7-9H2,(H,19,20,22). The van der Waals surface area contributed by atoms with Crippen molar-refractivity contribution in [3.63, 3.8) is 0 Å². The Kier molecular flexibility index (Phi) is 3.93. The molecule has 1 aromatic heterocycles. The molecule has 1 aromatic carbocycles. The van der Waals surface area contributed by atoms with Crippen LogP contribution in [0.1, 0.15) is 10.4 Å². The molecule has 0 spiro atoms. The number of pyridine rings is 1. The average molecular weight is 360 g/mol. The first-order chi connectivity index (χ1) is 12.1. The van der Waals surface area contributed by atoms with Gasteiger partial charge in [-0.2, -0.15) is 0 Å². The molecule has 128 valence electrons.